The fourth-order valence-corrected chi connectivity index (χ4v) is 4.70. The number of benzene rings is 3. The first-order valence-corrected chi connectivity index (χ1v) is 12.0. The molecule has 34 heavy (non-hydrogen) atoms. The lowest BCUT2D eigenvalue weighted by Crippen LogP contribution is -2.44. The second-order valence-electron chi connectivity index (χ2n) is 7.82. The van der Waals surface area contributed by atoms with Gasteiger partial charge in [-0.1, -0.05) is 59.8 Å². The van der Waals surface area contributed by atoms with Crippen LogP contribution in [0.25, 0.3) is 0 Å². The van der Waals surface area contributed by atoms with Crippen molar-refractivity contribution in [2.75, 3.05) is 12.4 Å². The lowest BCUT2D eigenvalue weighted by Gasteiger charge is -2.32. The molecule has 0 unspecified atom stereocenters. The van der Waals surface area contributed by atoms with Crippen LogP contribution in [-0.4, -0.2) is 34.2 Å². The number of anilines is 1. The van der Waals surface area contributed by atoms with Gasteiger partial charge in [-0.05, 0) is 54.4 Å². The van der Waals surface area contributed by atoms with Crippen LogP contribution in [0, 0.1) is 6.92 Å². The zero-order valence-corrected chi connectivity index (χ0v) is 20.4. The molecule has 0 spiro atoms. The van der Waals surface area contributed by atoms with Crippen LogP contribution in [0.5, 0.6) is 5.75 Å². The van der Waals surface area contributed by atoms with E-state index in [2.05, 4.69) is 5.32 Å². The van der Waals surface area contributed by atoms with Crippen LogP contribution in [0.4, 0.5) is 11.4 Å². The molecule has 1 aliphatic rings. The maximum atomic E-state index is 13.2. The number of rotatable bonds is 6. The van der Waals surface area contributed by atoms with E-state index in [1.807, 2.05) is 67.6 Å². The summed E-state index contributed by atoms with van der Waals surface area (Å²) in [6.45, 7) is 2.27. The number of amides is 2. The molecule has 2 amide bonds. The topological polar surface area (TPSA) is 71.0 Å². The maximum absolute atomic E-state index is 13.2. The van der Waals surface area contributed by atoms with E-state index in [4.69, 9.17) is 21.3 Å². The molecule has 3 aromatic rings. The fourth-order valence-electron chi connectivity index (χ4n) is 3.42. The minimum atomic E-state index is -0.614. The predicted octanol–water partition coefficient (Wildman–Crippen LogP) is 5.82. The molecule has 0 aromatic heterocycles. The molecular formula is C26H24ClN3O3S. The van der Waals surface area contributed by atoms with Gasteiger partial charge in [-0.2, -0.15) is 0 Å². The van der Waals surface area contributed by atoms with Gasteiger partial charge in [-0.15, -0.1) is 0 Å². The molecule has 6 nitrogen and oxygen atoms in total. The summed E-state index contributed by atoms with van der Waals surface area (Å²) in [4.78, 5) is 32.6. The molecule has 1 atom stereocenters. The number of methoxy groups -OCH3 is 1. The highest BCUT2D eigenvalue weighted by Gasteiger charge is 2.36. The average molecular weight is 494 g/mol. The number of amidine groups is 1. The molecule has 3 aromatic carbocycles. The van der Waals surface area contributed by atoms with Gasteiger partial charge in [0.25, 0.3) is 0 Å². The number of carbonyl (C=O) groups is 2. The Hall–Kier alpha value is -3.29. The highest BCUT2D eigenvalue weighted by Crippen LogP contribution is 2.32. The van der Waals surface area contributed by atoms with E-state index in [9.17, 15) is 9.59 Å². The fraction of sp³-hybridized carbons (Fsp3) is 0.192. The summed E-state index contributed by atoms with van der Waals surface area (Å²) >= 11 is 7.47. The van der Waals surface area contributed by atoms with E-state index in [1.165, 1.54) is 11.8 Å². The van der Waals surface area contributed by atoms with Crippen LogP contribution in [0.15, 0.2) is 77.8 Å². The van der Waals surface area contributed by atoms with Crippen molar-refractivity contribution >= 4 is 51.7 Å². The van der Waals surface area contributed by atoms with E-state index in [1.54, 1.807) is 24.1 Å². The Morgan fingerprint density at radius 2 is 1.88 bits per heavy atom. The molecule has 174 valence electrons. The van der Waals surface area contributed by atoms with Gasteiger partial charge >= 0.3 is 0 Å². The molecular weight excluding hydrogens is 470 g/mol. The molecule has 4 rings (SSSR count). The van der Waals surface area contributed by atoms with Crippen molar-refractivity contribution in [3.05, 3.63) is 88.9 Å². The quantitative estimate of drug-likeness (QED) is 0.470. The van der Waals surface area contributed by atoms with Gasteiger partial charge in [0.15, 0.2) is 5.17 Å². The Labute approximate surface area is 208 Å². The predicted molar refractivity (Wildman–Crippen MR) is 138 cm³/mol. The first-order chi connectivity index (χ1) is 16.4. The van der Waals surface area contributed by atoms with Crippen LogP contribution in [0.2, 0.25) is 5.02 Å². The number of thioether (sulfide) groups is 1. The molecule has 0 saturated carbocycles. The standard InChI is InChI=1S/C26H24ClN3O3S/c1-17-8-9-20(14-22(17)27)28-25(32)23-15-24(31)30(16-18-6-4-3-5-7-18)26(34-23)29-19-10-12-21(33-2)13-11-19/h3-14,23H,15-16H2,1-2H3,(H,28,32)/t23-/m1/s1. The minimum Gasteiger partial charge on any atom is -0.497 e. The molecule has 8 heteroatoms. The van der Waals surface area contributed by atoms with Crippen molar-refractivity contribution in [3.63, 3.8) is 0 Å². The SMILES string of the molecule is COc1ccc(N=C2S[C@@H](C(=O)Nc3ccc(C)c(Cl)c3)CC(=O)N2Cc2ccccc2)cc1. The van der Waals surface area contributed by atoms with E-state index in [0.717, 1.165) is 11.1 Å². The van der Waals surface area contributed by atoms with Crippen molar-refractivity contribution in [3.8, 4) is 5.75 Å². The van der Waals surface area contributed by atoms with Gasteiger partial charge in [0.1, 0.15) is 11.0 Å². The maximum Gasteiger partial charge on any atom is 0.238 e. The highest BCUT2D eigenvalue weighted by molar-refractivity contribution is 8.15. The van der Waals surface area contributed by atoms with Crippen molar-refractivity contribution in [2.45, 2.75) is 25.1 Å². The molecule has 1 heterocycles. The number of hydrogen-bond donors (Lipinski definition) is 1. The van der Waals surface area contributed by atoms with E-state index in [0.29, 0.717) is 33.9 Å². The summed E-state index contributed by atoms with van der Waals surface area (Å²) in [5.74, 6) is 0.295. The third kappa shape index (κ3) is 5.79. The van der Waals surface area contributed by atoms with Gasteiger partial charge in [-0.3, -0.25) is 14.5 Å². The summed E-state index contributed by atoms with van der Waals surface area (Å²) in [7, 11) is 1.60. The van der Waals surface area contributed by atoms with Gasteiger partial charge < -0.3 is 10.1 Å². The molecule has 1 saturated heterocycles. The summed E-state index contributed by atoms with van der Waals surface area (Å²) in [6, 6.07) is 22.3. The Balaban J connectivity index is 1.59. The molecule has 0 aliphatic carbocycles. The monoisotopic (exact) mass is 493 g/mol. The number of nitrogens with zero attached hydrogens (tertiary/aromatic N) is 2. The Bertz CT molecular complexity index is 1220. The van der Waals surface area contributed by atoms with Crippen molar-refractivity contribution in [2.24, 2.45) is 4.99 Å². The van der Waals surface area contributed by atoms with E-state index in [-0.39, 0.29) is 18.2 Å². The first-order valence-electron chi connectivity index (χ1n) is 10.7. The normalized spacial score (nSPS) is 17.0. The summed E-state index contributed by atoms with van der Waals surface area (Å²) in [5.41, 5.74) is 3.16. The summed E-state index contributed by atoms with van der Waals surface area (Å²) < 4.78 is 5.22. The van der Waals surface area contributed by atoms with Crippen molar-refractivity contribution in [1.29, 1.82) is 0 Å². The molecule has 1 aliphatic heterocycles. The second-order valence-corrected chi connectivity index (χ2v) is 9.40. The second kappa shape index (κ2) is 10.8. The van der Waals surface area contributed by atoms with Crippen molar-refractivity contribution in [1.82, 2.24) is 4.90 Å². The molecule has 0 radical (unpaired) electrons. The van der Waals surface area contributed by atoms with Gasteiger partial charge in [0, 0.05) is 17.1 Å². The molecule has 1 N–H and O–H groups in total. The van der Waals surface area contributed by atoms with Crippen LogP contribution >= 0.6 is 23.4 Å². The van der Waals surface area contributed by atoms with Crippen LogP contribution in [0.3, 0.4) is 0 Å². The largest absolute Gasteiger partial charge is 0.497 e. The van der Waals surface area contributed by atoms with Gasteiger partial charge in [-0.25, -0.2) is 4.99 Å². The number of aliphatic imine (C=N–C) groups is 1. The number of halogens is 1. The first kappa shape index (κ1) is 23.9. The van der Waals surface area contributed by atoms with Gasteiger partial charge in [0.2, 0.25) is 11.8 Å². The summed E-state index contributed by atoms with van der Waals surface area (Å²) in [5, 5.41) is 3.31. The van der Waals surface area contributed by atoms with Crippen LogP contribution in [-0.2, 0) is 16.1 Å². The minimum absolute atomic E-state index is 0.0740. The highest BCUT2D eigenvalue weighted by atomic mass is 35.5. The number of aryl methyl sites for hydroxylation is 1. The Morgan fingerprint density at radius 3 is 2.56 bits per heavy atom. The molecule has 0 bridgehead atoms. The van der Waals surface area contributed by atoms with E-state index < -0.39 is 5.25 Å². The number of hydrogen-bond acceptors (Lipinski definition) is 5. The van der Waals surface area contributed by atoms with Crippen molar-refractivity contribution < 1.29 is 14.3 Å². The summed E-state index contributed by atoms with van der Waals surface area (Å²) in [6.07, 6.45) is 0.0740. The number of carbonyl (C=O) groups excluding carboxylic acids is 2. The Kier molecular flexibility index (Phi) is 7.55. The zero-order chi connectivity index (χ0) is 24.1. The molecule has 1 fully saturated rings. The average Bonchev–Trinajstić information content (AvgIpc) is 2.84. The third-order valence-electron chi connectivity index (χ3n) is 5.35. The lowest BCUT2D eigenvalue weighted by molar-refractivity contribution is -0.129. The third-order valence-corrected chi connectivity index (χ3v) is 6.95. The smallest absolute Gasteiger partial charge is 0.238 e. The van der Waals surface area contributed by atoms with Crippen LogP contribution in [0.1, 0.15) is 17.5 Å². The number of ether oxygens (including phenoxy) is 1. The lowest BCUT2D eigenvalue weighted by atomic mass is 10.2. The zero-order valence-electron chi connectivity index (χ0n) is 18.8. The number of nitrogens with one attached hydrogen (secondary N) is 1. The van der Waals surface area contributed by atoms with Gasteiger partial charge in [0.05, 0.1) is 19.3 Å². The Morgan fingerprint density at radius 1 is 1.15 bits per heavy atom. The van der Waals surface area contributed by atoms with E-state index >= 15 is 0 Å². The van der Waals surface area contributed by atoms with Crippen LogP contribution < -0.4 is 10.1 Å².